The van der Waals surface area contributed by atoms with Gasteiger partial charge in [0, 0.05) is 25.2 Å². The van der Waals surface area contributed by atoms with E-state index in [0.29, 0.717) is 19.0 Å². The van der Waals surface area contributed by atoms with Crippen LogP contribution in [0.2, 0.25) is 0 Å². The summed E-state index contributed by atoms with van der Waals surface area (Å²) in [7, 11) is 0. The molecule has 1 aromatic heterocycles. The normalized spacial score (nSPS) is 19.3. The summed E-state index contributed by atoms with van der Waals surface area (Å²) >= 11 is 0. The van der Waals surface area contributed by atoms with Crippen molar-refractivity contribution in [2.24, 2.45) is 0 Å². The number of hydrogen-bond acceptors (Lipinski definition) is 4. The summed E-state index contributed by atoms with van der Waals surface area (Å²) < 4.78 is 7.59. The maximum atomic E-state index is 12.4. The molecule has 4 rings (SSSR count). The smallest absolute Gasteiger partial charge is 0.263 e. The highest BCUT2D eigenvalue weighted by Gasteiger charge is 2.36. The summed E-state index contributed by atoms with van der Waals surface area (Å²) in [6.07, 6.45) is 4.01. The molecule has 120 valence electrons. The van der Waals surface area contributed by atoms with Crippen molar-refractivity contribution in [3.8, 4) is 5.75 Å². The molecule has 1 saturated heterocycles. The number of aromatic nitrogens is 3. The van der Waals surface area contributed by atoms with Crippen LogP contribution in [0.25, 0.3) is 0 Å². The first-order chi connectivity index (χ1) is 11.2. The number of ether oxygens (including phenoxy) is 1. The fraction of sp³-hybridized carbons (Fsp3) is 0.471. The van der Waals surface area contributed by atoms with Crippen LogP contribution in [-0.4, -0.2) is 45.0 Å². The molecule has 0 bridgehead atoms. The van der Waals surface area contributed by atoms with Crippen LogP contribution in [0.5, 0.6) is 5.75 Å². The third-order valence-corrected chi connectivity index (χ3v) is 4.48. The molecule has 1 unspecified atom stereocenters. The van der Waals surface area contributed by atoms with E-state index in [1.54, 1.807) is 6.92 Å². The Morgan fingerprint density at radius 2 is 2.00 bits per heavy atom. The average Bonchev–Trinajstić information content (AvgIpc) is 3.26. The zero-order chi connectivity index (χ0) is 15.8. The molecule has 1 aliphatic carbocycles. The van der Waals surface area contributed by atoms with Crippen molar-refractivity contribution >= 4 is 5.91 Å². The molecule has 0 radical (unpaired) electrons. The van der Waals surface area contributed by atoms with E-state index in [0.717, 1.165) is 11.4 Å². The van der Waals surface area contributed by atoms with Crippen molar-refractivity contribution in [2.45, 2.75) is 37.8 Å². The van der Waals surface area contributed by atoms with Gasteiger partial charge in [-0.1, -0.05) is 23.4 Å². The van der Waals surface area contributed by atoms with E-state index in [1.807, 2.05) is 46.1 Å². The fourth-order valence-corrected chi connectivity index (χ4v) is 2.85. The molecule has 1 aliphatic heterocycles. The van der Waals surface area contributed by atoms with Crippen molar-refractivity contribution in [1.29, 1.82) is 0 Å². The maximum absolute atomic E-state index is 12.4. The Kier molecular flexibility index (Phi) is 3.52. The zero-order valence-corrected chi connectivity index (χ0v) is 13.1. The van der Waals surface area contributed by atoms with Gasteiger partial charge >= 0.3 is 0 Å². The molecule has 1 amide bonds. The number of likely N-dealkylation sites (tertiary alicyclic amines) is 1. The molecule has 6 nitrogen and oxygen atoms in total. The van der Waals surface area contributed by atoms with Crippen LogP contribution < -0.4 is 4.74 Å². The molecule has 23 heavy (non-hydrogen) atoms. The molecule has 6 heteroatoms. The summed E-state index contributed by atoms with van der Waals surface area (Å²) in [6.45, 7) is 3.15. The van der Waals surface area contributed by atoms with Gasteiger partial charge in [-0.2, -0.15) is 0 Å². The summed E-state index contributed by atoms with van der Waals surface area (Å²) in [4.78, 5) is 14.2. The number of amides is 1. The molecule has 1 aromatic carbocycles. The molecule has 1 atom stereocenters. The third-order valence-electron chi connectivity index (χ3n) is 4.48. The van der Waals surface area contributed by atoms with Crippen molar-refractivity contribution in [3.63, 3.8) is 0 Å². The predicted octanol–water partition coefficient (Wildman–Crippen LogP) is 2.01. The Morgan fingerprint density at radius 3 is 2.70 bits per heavy atom. The number of para-hydroxylation sites is 1. The van der Waals surface area contributed by atoms with Gasteiger partial charge in [0.1, 0.15) is 5.75 Å². The van der Waals surface area contributed by atoms with E-state index in [1.165, 1.54) is 12.8 Å². The average molecular weight is 312 g/mol. The lowest BCUT2D eigenvalue weighted by atomic mass is 10.1. The number of carbonyl (C=O) groups is 1. The van der Waals surface area contributed by atoms with Gasteiger partial charge in [-0.15, -0.1) is 5.10 Å². The van der Waals surface area contributed by atoms with Gasteiger partial charge in [-0.3, -0.25) is 4.79 Å². The number of benzene rings is 1. The van der Waals surface area contributed by atoms with Gasteiger partial charge < -0.3 is 9.64 Å². The third kappa shape index (κ3) is 2.93. The molecular formula is C17H20N4O2. The number of rotatable bonds is 5. The maximum Gasteiger partial charge on any atom is 0.263 e. The zero-order valence-electron chi connectivity index (χ0n) is 13.1. The number of nitrogens with zero attached hydrogens (tertiary/aromatic N) is 4. The van der Waals surface area contributed by atoms with Crippen LogP contribution in [0, 0.1) is 0 Å². The predicted molar refractivity (Wildman–Crippen MR) is 84.1 cm³/mol. The second-order valence-electron chi connectivity index (χ2n) is 6.37. The highest BCUT2D eigenvalue weighted by molar-refractivity contribution is 5.81. The Balaban J connectivity index is 1.30. The highest BCUT2D eigenvalue weighted by atomic mass is 16.5. The first-order valence-electron chi connectivity index (χ1n) is 8.13. The molecular weight excluding hydrogens is 292 g/mol. The van der Waals surface area contributed by atoms with E-state index in [4.69, 9.17) is 4.74 Å². The Bertz CT molecular complexity index is 690. The SMILES string of the molecule is CC(Oc1ccccc1)C(=O)N1CC(n2cc(C3CC3)nn2)C1. The lowest BCUT2D eigenvalue weighted by Crippen LogP contribution is -2.54. The first kappa shape index (κ1) is 14.2. The van der Waals surface area contributed by atoms with Gasteiger partial charge in [0.05, 0.1) is 11.7 Å². The highest BCUT2D eigenvalue weighted by Crippen LogP contribution is 2.39. The minimum atomic E-state index is -0.476. The molecule has 2 aromatic rings. The van der Waals surface area contributed by atoms with Gasteiger partial charge in [0.2, 0.25) is 0 Å². The quantitative estimate of drug-likeness (QED) is 0.847. The standard InChI is InChI=1S/C17H20N4O2/c1-12(23-15-5-3-2-4-6-15)17(22)20-9-14(10-20)21-11-16(18-19-21)13-7-8-13/h2-6,11-14H,7-10H2,1H3. The van der Waals surface area contributed by atoms with Crippen LogP contribution in [0.1, 0.15) is 37.4 Å². The Hall–Kier alpha value is -2.37. The fourth-order valence-electron chi connectivity index (χ4n) is 2.85. The van der Waals surface area contributed by atoms with Crippen molar-refractivity contribution in [3.05, 3.63) is 42.2 Å². The van der Waals surface area contributed by atoms with Crippen LogP contribution in [0.15, 0.2) is 36.5 Å². The monoisotopic (exact) mass is 312 g/mol. The van der Waals surface area contributed by atoms with E-state index in [2.05, 4.69) is 10.3 Å². The Morgan fingerprint density at radius 1 is 1.26 bits per heavy atom. The van der Waals surface area contributed by atoms with E-state index >= 15 is 0 Å². The summed E-state index contributed by atoms with van der Waals surface area (Å²) in [5.74, 6) is 1.35. The van der Waals surface area contributed by atoms with Crippen LogP contribution in [-0.2, 0) is 4.79 Å². The largest absolute Gasteiger partial charge is 0.481 e. The second kappa shape index (κ2) is 5.68. The topological polar surface area (TPSA) is 60.2 Å². The Labute approximate surface area is 135 Å². The first-order valence-corrected chi connectivity index (χ1v) is 8.13. The summed E-state index contributed by atoms with van der Waals surface area (Å²) in [5, 5.41) is 8.43. The van der Waals surface area contributed by atoms with Crippen molar-refractivity contribution in [2.75, 3.05) is 13.1 Å². The molecule has 2 fully saturated rings. The van der Waals surface area contributed by atoms with Gasteiger partial charge in [0.15, 0.2) is 6.10 Å². The lowest BCUT2D eigenvalue weighted by Gasteiger charge is -2.40. The minimum absolute atomic E-state index is 0.0210. The van der Waals surface area contributed by atoms with E-state index in [9.17, 15) is 4.79 Å². The van der Waals surface area contributed by atoms with E-state index < -0.39 is 6.10 Å². The van der Waals surface area contributed by atoms with Crippen LogP contribution >= 0.6 is 0 Å². The van der Waals surface area contributed by atoms with Gasteiger partial charge in [-0.05, 0) is 31.9 Å². The van der Waals surface area contributed by atoms with Crippen molar-refractivity contribution < 1.29 is 9.53 Å². The number of hydrogen-bond donors (Lipinski definition) is 0. The summed E-state index contributed by atoms with van der Waals surface area (Å²) in [5.41, 5.74) is 1.09. The molecule has 1 saturated carbocycles. The van der Waals surface area contributed by atoms with E-state index in [-0.39, 0.29) is 11.9 Å². The van der Waals surface area contributed by atoms with Gasteiger partial charge in [0.25, 0.3) is 5.91 Å². The minimum Gasteiger partial charge on any atom is -0.481 e. The van der Waals surface area contributed by atoms with Crippen LogP contribution in [0.4, 0.5) is 0 Å². The molecule has 0 spiro atoms. The lowest BCUT2D eigenvalue weighted by molar-refractivity contribution is -0.144. The summed E-state index contributed by atoms with van der Waals surface area (Å²) in [6, 6.07) is 9.67. The molecule has 2 aliphatic rings. The molecule has 2 heterocycles. The van der Waals surface area contributed by atoms with Gasteiger partial charge in [-0.25, -0.2) is 4.68 Å². The molecule has 0 N–H and O–H groups in total. The second-order valence-corrected chi connectivity index (χ2v) is 6.37. The van der Waals surface area contributed by atoms with Crippen LogP contribution in [0.3, 0.4) is 0 Å². The van der Waals surface area contributed by atoms with Crippen molar-refractivity contribution in [1.82, 2.24) is 19.9 Å². The number of carbonyl (C=O) groups excluding carboxylic acids is 1.